The standard InChI is InChI=1S/C21H17O3P/c1-24-20(22)18-14-8-9-15-19(18)21(23)25(16-10-4-2-5-11-16)17-12-6-3-7-13-17/h2-15H,1H3. The molecule has 0 aromatic heterocycles. The van der Waals surface area contributed by atoms with Crippen LogP contribution in [0.1, 0.15) is 20.7 Å². The van der Waals surface area contributed by atoms with E-state index in [-0.39, 0.29) is 5.52 Å². The van der Waals surface area contributed by atoms with E-state index in [1.54, 1.807) is 24.3 Å². The van der Waals surface area contributed by atoms with Gasteiger partial charge in [-0.3, -0.25) is 4.79 Å². The molecule has 0 radical (unpaired) electrons. The van der Waals surface area contributed by atoms with Gasteiger partial charge in [0, 0.05) is 13.5 Å². The van der Waals surface area contributed by atoms with Gasteiger partial charge in [-0.2, -0.15) is 0 Å². The van der Waals surface area contributed by atoms with Gasteiger partial charge in [0.1, 0.15) is 0 Å². The smallest absolute Gasteiger partial charge is 0.338 e. The Bertz CT molecular complexity index is 836. The van der Waals surface area contributed by atoms with Crippen LogP contribution in [0.15, 0.2) is 84.9 Å². The summed E-state index contributed by atoms with van der Waals surface area (Å²) in [7, 11) is 0.0392. The van der Waals surface area contributed by atoms with Crippen LogP contribution >= 0.6 is 7.92 Å². The van der Waals surface area contributed by atoms with Crippen molar-refractivity contribution in [3.8, 4) is 0 Å². The molecule has 0 aliphatic heterocycles. The van der Waals surface area contributed by atoms with Gasteiger partial charge in [-0.25, -0.2) is 4.79 Å². The summed E-state index contributed by atoms with van der Waals surface area (Å²) in [4.78, 5) is 25.5. The molecule has 0 unspecified atom stereocenters. The lowest BCUT2D eigenvalue weighted by Gasteiger charge is -2.18. The number of esters is 1. The van der Waals surface area contributed by atoms with Gasteiger partial charge >= 0.3 is 5.97 Å². The summed E-state index contributed by atoms with van der Waals surface area (Å²) in [6.45, 7) is 0. The summed E-state index contributed by atoms with van der Waals surface area (Å²) >= 11 is 0. The summed E-state index contributed by atoms with van der Waals surface area (Å²) in [5.41, 5.74) is 0.635. The van der Waals surface area contributed by atoms with Crippen LogP contribution in [0.25, 0.3) is 0 Å². The second kappa shape index (κ2) is 7.87. The minimum absolute atomic E-state index is 0.0617. The minimum Gasteiger partial charge on any atom is -0.465 e. The number of rotatable bonds is 5. The number of methoxy groups -OCH3 is 1. The normalized spacial score (nSPS) is 10.5. The van der Waals surface area contributed by atoms with Crippen molar-refractivity contribution < 1.29 is 14.3 Å². The molecule has 0 aliphatic rings. The van der Waals surface area contributed by atoms with E-state index in [1.807, 2.05) is 60.7 Å². The van der Waals surface area contributed by atoms with Crippen molar-refractivity contribution in [1.29, 1.82) is 0 Å². The molecule has 0 heterocycles. The molecule has 3 aromatic rings. The molecule has 0 saturated carbocycles. The van der Waals surface area contributed by atoms with Gasteiger partial charge in [-0.15, -0.1) is 0 Å². The molecule has 3 nitrogen and oxygen atoms in total. The Labute approximate surface area is 148 Å². The third-order valence-electron chi connectivity index (χ3n) is 3.79. The molecule has 0 fully saturated rings. The third kappa shape index (κ3) is 3.67. The molecule has 25 heavy (non-hydrogen) atoms. The lowest BCUT2D eigenvalue weighted by molar-refractivity contribution is 0.0598. The first-order chi connectivity index (χ1) is 12.2. The molecule has 0 N–H and O–H groups in total. The Morgan fingerprint density at radius 1 is 0.680 bits per heavy atom. The van der Waals surface area contributed by atoms with Gasteiger partial charge in [0.15, 0.2) is 5.52 Å². The average molecular weight is 348 g/mol. The maximum Gasteiger partial charge on any atom is 0.338 e. The lowest BCUT2D eigenvalue weighted by Crippen LogP contribution is -2.20. The zero-order valence-corrected chi connectivity index (χ0v) is 14.6. The van der Waals surface area contributed by atoms with Gasteiger partial charge < -0.3 is 4.74 Å². The summed E-state index contributed by atoms with van der Waals surface area (Å²) in [6.07, 6.45) is 0. The lowest BCUT2D eigenvalue weighted by atomic mass is 10.1. The van der Waals surface area contributed by atoms with Crippen molar-refractivity contribution in [2.45, 2.75) is 0 Å². The maximum atomic E-state index is 13.4. The zero-order chi connectivity index (χ0) is 17.6. The fourth-order valence-electron chi connectivity index (χ4n) is 2.62. The fraction of sp³-hybridized carbons (Fsp3) is 0.0476. The molecule has 3 rings (SSSR count). The predicted molar refractivity (Wildman–Crippen MR) is 101 cm³/mol. The van der Waals surface area contributed by atoms with Gasteiger partial charge in [0.25, 0.3) is 0 Å². The largest absolute Gasteiger partial charge is 0.465 e. The van der Waals surface area contributed by atoms with E-state index in [2.05, 4.69) is 0 Å². The second-order valence-corrected chi connectivity index (χ2v) is 7.46. The van der Waals surface area contributed by atoms with Gasteiger partial charge in [-0.05, 0) is 16.7 Å². The van der Waals surface area contributed by atoms with Crippen molar-refractivity contribution in [3.05, 3.63) is 96.1 Å². The molecular formula is C21H17O3P. The summed E-state index contributed by atoms with van der Waals surface area (Å²) < 4.78 is 4.83. The Morgan fingerprint density at radius 2 is 1.12 bits per heavy atom. The molecule has 3 aromatic carbocycles. The Hall–Kier alpha value is -2.77. The highest BCUT2D eigenvalue weighted by molar-refractivity contribution is 7.88. The van der Waals surface area contributed by atoms with Crippen LogP contribution in [0.3, 0.4) is 0 Å². The third-order valence-corrected chi connectivity index (χ3v) is 6.07. The van der Waals surface area contributed by atoms with Crippen molar-refractivity contribution in [2.24, 2.45) is 0 Å². The highest BCUT2D eigenvalue weighted by Crippen LogP contribution is 2.38. The first-order valence-corrected chi connectivity index (χ1v) is 9.18. The Morgan fingerprint density at radius 3 is 1.60 bits per heavy atom. The zero-order valence-electron chi connectivity index (χ0n) is 13.8. The summed E-state index contributed by atoms with van der Waals surface area (Å²) in [5, 5.41) is 1.90. The topological polar surface area (TPSA) is 43.4 Å². The number of ether oxygens (including phenoxy) is 1. The van der Waals surface area contributed by atoms with E-state index >= 15 is 0 Å². The van der Waals surface area contributed by atoms with Crippen LogP contribution in [0.5, 0.6) is 0 Å². The second-order valence-electron chi connectivity index (χ2n) is 5.35. The highest BCUT2D eigenvalue weighted by atomic mass is 31.1. The molecule has 4 heteroatoms. The average Bonchev–Trinajstić information content (AvgIpc) is 2.69. The maximum absolute atomic E-state index is 13.4. The molecule has 0 spiro atoms. The van der Waals surface area contributed by atoms with Crippen molar-refractivity contribution in [2.75, 3.05) is 7.11 Å². The molecule has 124 valence electrons. The minimum atomic E-state index is -1.28. The monoisotopic (exact) mass is 348 g/mol. The van der Waals surface area contributed by atoms with Crippen LogP contribution in [-0.4, -0.2) is 18.6 Å². The van der Waals surface area contributed by atoms with Crippen LogP contribution in [-0.2, 0) is 4.74 Å². The number of carbonyl (C=O) groups is 2. The first-order valence-electron chi connectivity index (χ1n) is 7.84. The van der Waals surface area contributed by atoms with Crippen molar-refractivity contribution >= 4 is 30.0 Å². The number of carbonyl (C=O) groups excluding carboxylic acids is 2. The van der Waals surface area contributed by atoms with Crippen LogP contribution < -0.4 is 10.6 Å². The summed E-state index contributed by atoms with van der Waals surface area (Å²) in [6, 6.07) is 26.2. The van der Waals surface area contributed by atoms with E-state index in [0.717, 1.165) is 10.6 Å². The van der Waals surface area contributed by atoms with Crippen LogP contribution in [0, 0.1) is 0 Å². The Balaban J connectivity index is 2.12. The summed E-state index contributed by atoms with van der Waals surface area (Å²) in [5.74, 6) is -0.500. The molecule has 0 amide bonds. The van der Waals surface area contributed by atoms with E-state index < -0.39 is 13.9 Å². The number of hydrogen-bond donors (Lipinski definition) is 0. The van der Waals surface area contributed by atoms with Gasteiger partial charge in [0.2, 0.25) is 0 Å². The van der Waals surface area contributed by atoms with Crippen LogP contribution in [0.4, 0.5) is 0 Å². The number of benzene rings is 3. The molecule has 0 aliphatic carbocycles. The molecule has 0 saturated heterocycles. The quantitative estimate of drug-likeness (QED) is 0.521. The van der Waals surface area contributed by atoms with E-state index in [1.165, 1.54) is 7.11 Å². The first kappa shape index (κ1) is 17.1. The molecular weight excluding hydrogens is 331 g/mol. The van der Waals surface area contributed by atoms with E-state index in [9.17, 15) is 9.59 Å². The number of hydrogen-bond acceptors (Lipinski definition) is 3. The molecule has 0 bridgehead atoms. The van der Waals surface area contributed by atoms with E-state index in [0.29, 0.717) is 11.1 Å². The van der Waals surface area contributed by atoms with Crippen LogP contribution in [0.2, 0.25) is 0 Å². The highest BCUT2D eigenvalue weighted by Gasteiger charge is 2.27. The SMILES string of the molecule is COC(=O)c1ccccc1C(=O)P(c1ccccc1)c1ccccc1. The predicted octanol–water partition coefficient (Wildman–Crippen LogP) is 3.75. The Kier molecular flexibility index (Phi) is 5.37. The van der Waals surface area contributed by atoms with Crippen molar-refractivity contribution in [3.63, 3.8) is 0 Å². The van der Waals surface area contributed by atoms with Crippen molar-refractivity contribution in [1.82, 2.24) is 0 Å². The van der Waals surface area contributed by atoms with Gasteiger partial charge in [-0.1, -0.05) is 78.9 Å². The molecule has 0 atom stereocenters. The van der Waals surface area contributed by atoms with E-state index in [4.69, 9.17) is 4.74 Å². The fourth-order valence-corrected chi connectivity index (χ4v) is 4.76. The van der Waals surface area contributed by atoms with Gasteiger partial charge in [0.05, 0.1) is 12.7 Å².